The highest BCUT2D eigenvalue weighted by Crippen LogP contribution is 2.37. The second-order valence-corrected chi connectivity index (χ2v) is 5.48. The third-order valence-electron chi connectivity index (χ3n) is 4.20. The molecule has 0 aliphatic heterocycles. The van der Waals surface area contributed by atoms with E-state index in [1.807, 2.05) is 6.92 Å². The number of nitrogens with one attached hydrogen (secondary N) is 1. The molecule has 0 aromatic heterocycles. The summed E-state index contributed by atoms with van der Waals surface area (Å²) in [6.45, 7) is 5.93. The molecule has 1 atom stereocenters. The summed E-state index contributed by atoms with van der Waals surface area (Å²) in [5.74, 6) is 0.944. The van der Waals surface area contributed by atoms with Gasteiger partial charge < -0.3 is 10.1 Å². The average molecular weight is 281 g/mol. The number of fused-ring (bicyclic) bond motifs is 1. The maximum Gasteiger partial charge on any atom is 0.119 e. The molecule has 1 unspecified atom stereocenters. The van der Waals surface area contributed by atoms with Crippen molar-refractivity contribution in [2.75, 3.05) is 13.2 Å². The quantitative estimate of drug-likeness (QED) is 0.879. The fourth-order valence-corrected chi connectivity index (χ4v) is 3.28. The largest absolute Gasteiger partial charge is 0.494 e. The molecule has 2 heteroatoms. The summed E-state index contributed by atoms with van der Waals surface area (Å²) >= 11 is 0. The molecule has 1 aliphatic rings. The molecule has 0 radical (unpaired) electrons. The molecule has 0 spiro atoms. The van der Waals surface area contributed by atoms with Gasteiger partial charge in [-0.1, -0.05) is 37.3 Å². The van der Waals surface area contributed by atoms with Crippen LogP contribution in [0.4, 0.5) is 0 Å². The topological polar surface area (TPSA) is 21.3 Å². The van der Waals surface area contributed by atoms with Crippen LogP contribution in [-0.4, -0.2) is 13.2 Å². The van der Waals surface area contributed by atoms with Crippen LogP contribution < -0.4 is 10.1 Å². The molecule has 0 fully saturated rings. The lowest BCUT2D eigenvalue weighted by atomic mass is 9.96. The smallest absolute Gasteiger partial charge is 0.119 e. The van der Waals surface area contributed by atoms with Gasteiger partial charge in [0.1, 0.15) is 5.75 Å². The number of hydrogen-bond donors (Lipinski definition) is 1. The van der Waals surface area contributed by atoms with Crippen LogP contribution in [0, 0.1) is 0 Å². The van der Waals surface area contributed by atoms with Crippen molar-refractivity contribution in [1.82, 2.24) is 5.32 Å². The monoisotopic (exact) mass is 281 g/mol. The van der Waals surface area contributed by atoms with Crippen molar-refractivity contribution in [3.05, 3.63) is 53.6 Å². The van der Waals surface area contributed by atoms with Crippen LogP contribution in [0.3, 0.4) is 0 Å². The predicted molar refractivity (Wildman–Crippen MR) is 87.8 cm³/mol. The molecule has 0 bridgehead atoms. The van der Waals surface area contributed by atoms with Crippen LogP contribution in [0.1, 0.15) is 37.4 Å². The Morgan fingerprint density at radius 1 is 1.10 bits per heavy atom. The highest BCUT2D eigenvalue weighted by molar-refractivity contribution is 5.70. The summed E-state index contributed by atoms with van der Waals surface area (Å²) in [6.07, 6.45) is 2.37. The molecular weight excluding hydrogens is 258 g/mol. The molecule has 0 heterocycles. The summed E-state index contributed by atoms with van der Waals surface area (Å²) < 4.78 is 5.53. The molecule has 21 heavy (non-hydrogen) atoms. The Morgan fingerprint density at radius 3 is 2.62 bits per heavy atom. The van der Waals surface area contributed by atoms with Crippen LogP contribution in [0.25, 0.3) is 11.1 Å². The molecule has 0 saturated heterocycles. The normalized spacial score (nSPS) is 16.8. The zero-order valence-corrected chi connectivity index (χ0v) is 12.9. The molecule has 2 aromatic rings. The zero-order valence-electron chi connectivity index (χ0n) is 12.9. The van der Waals surface area contributed by atoms with Crippen LogP contribution in [0.15, 0.2) is 42.5 Å². The molecule has 2 nitrogen and oxygen atoms in total. The third-order valence-corrected chi connectivity index (χ3v) is 4.20. The molecule has 1 aliphatic carbocycles. The predicted octanol–water partition coefficient (Wildman–Crippen LogP) is 4.35. The Morgan fingerprint density at radius 2 is 1.90 bits per heavy atom. The standard InChI is InChI=1S/C19H23NO/c1-3-20-19-13-12-17-16(6-5-7-18(17)19)14-8-10-15(11-9-14)21-4-2/h5-11,19-20H,3-4,12-13H2,1-2H3. The van der Waals surface area contributed by atoms with Crippen molar-refractivity contribution in [3.63, 3.8) is 0 Å². The minimum absolute atomic E-state index is 0.521. The fraction of sp³-hybridized carbons (Fsp3) is 0.368. The Kier molecular flexibility index (Phi) is 4.26. The van der Waals surface area contributed by atoms with E-state index in [0.29, 0.717) is 12.6 Å². The van der Waals surface area contributed by atoms with Gasteiger partial charge in [0.15, 0.2) is 0 Å². The second kappa shape index (κ2) is 6.31. The number of benzene rings is 2. The summed E-state index contributed by atoms with van der Waals surface area (Å²) in [7, 11) is 0. The van der Waals surface area contributed by atoms with Crippen molar-refractivity contribution in [2.24, 2.45) is 0 Å². The first-order chi connectivity index (χ1) is 10.3. The second-order valence-electron chi connectivity index (χ2n) is 5.48. The number of hydrogen-bond acceptors (Lipinski definition) is 2. The van der Waals surface area contributed by atoms with Gasteiger partial charge in [-0.2, -0.15) is 0 Å². The van der Waals surface area contributed by atoms with Gasteiger partial charge in [0.25, 0.3) is 0 Å². The number of rotatable bonds is 5. The lowest BCUT2D eigenvalue weighted by Gasteiger charge is -2.14. The lowest BCUT2D eigenvalue weighted by Crippen LogP contribution is -2.18. The van der Waals surface area contributed by atoms with Crippen LogP contribution >= 0.6 is 0 Å². The Labute approximate surface area is 127 Å². The van der Waals surface area contributed by atoms with Gasteiger partial charge >= 0.3 is 0 Å². The first-order valence-electron chi connectivity index (χ1n) is 7.92. The summed E-state index contributed by atoms with van der Waals surface area (Å²) in [6, 6.07) is 15.7. The minimum Gasteiger partial charge on any atom is -0.494 e. The van der Waals surface area contributed by atoms with Gasteiger partial charge in [0.2, 0.25) is 0 Å². The highest BCUT2D eigenvalue weighted by Gasteiger charge is 2.23. The highest BCUT2D eigenvalue weighted by atomic mass is 16.5. The van der Waals surface area contributed by atoms with E-state index in [1.165, 1.54) is 28.7 Å². The lowest BCUT2D eigenvalue weighted by molar-refractivity contribution is 0.340. The van der Waals surface area contributed by atoms with E-state index < -0.39 is 0 Å². The van der Waals surface area contributed by atoms with E-state index in [9.17, 15) is 0 Å². The van der Waals surface area contributed by atoms with Gasteiger partial charge in [-0.25, -0.2) is 0 Å². The average Bonchev–Trinajstić information content (AvgIpc) is 2.92. The molecule has 0 amide bonds. The van der Waals surface area contributed by atoms with Gasteiger partial charge in [0, 0.05) is 6.04 Å². The molecule has 2 aromatic carbocycles. The van der Waals surface area contributed by atoms with Gasteiger partial charge in [-0.3, -0.25) is 0 Å². The van der Waals surface area contributed by atoms with Crippen molar-refractivity contribution < 1.29 is 4.74 Å². The minimum atomic E-state index is 0.521. The third kappa shape index (κ3) is 2.81. The Hall–Kier alpha value is -1.80. The van der Waals surface area contributed by atoms with Crippen molar-refractivity contribution >= 4 is 0 Å². The summed E-state index contributed by atoms with van der Waals surface area (Å²) in [5, 5.41) is 3.59. The van der Waals surface area contributed by atoms with E-state index in [-0.39, 0.29) is 0 Å². The Balaban J connectivity index is 1.93. The number of ether oxygens (including phenoxy) is 1. The zero-order chi connectivity index (χ0) is 14.7. The maximum atomic E-state index is 5.53. The van der Waals surface area contributed by atoms with E-state index in [4.69, 9.17) is 4.74 Å². The Bertz CT molecular complexity index is 603. The van der Waals surface area contributed by atoms with Gasteiger partial charge in [0.05, 0.1) is 6.61 Å². The SMILES string of the molecule is CCNC1CCc2c(-c3ccc(OCC)cc3)cccc21. The fourth-order valence-electron chi connectivity index (χ4n) is 3.28. The van der Waals surface area contributed by atoms with Crippen molar-refractivity contribution in [3.8, 4) is 16.9 Å². The van der Waals surface area contributed by atoms with E-state index in [2.05, 4.69) is 54.7 Å². The van der Waals surface area contributed by atoms with Crippen molar-refractivity contribution in [1.29, 1.82) is 0 Å². The van der Waals surface area contributed by atoms with Gasteiger partial charge in [-0.05, 0) is 60.7 Å². The molecule has 0 saturated carbocycles. The van der Waals surface area contributed by atoms with Crippen molar-refractivity contribution in [2.45, 2.75) is 32.7 Å². The van der Waals surface area contributed by atoms with Crippen LogP contribution in [0.2, 0.25) is 0 Å². The summed E-state index contributed by atoms with van der Waals surface area (Å²) in [4.78, 5) is 0. The summed E-state index contributed by atoms with van der Waals surface area (Å²) in [5.41, 5.74) is 5.64. The van der Waals surface area contributed by atoms with Gasteiger partial charge in [-0.15, -0.1) is 0 Å². The van der Waals surface area contributed by atoms with E-state index in [1.54, 1.807) is 0 Å². The molecular formula is C19H23NO. The first-order valence-corrected chi connectivity index (χ1v) is 7.92. The molecule has 3 rings (SSSR count). The molecule has 110 valence electrons. The molecule has 1 N–H and O–H groups in total. The van der Waals surface area contributed by atoms with Crippen LogP contribution in [0.5, 0.6) is 5.75 Å². The van der Waals surface area contributed by atoms with E-state index >= 15 is 0 Å². The van der Waals surface area contributed by atoms with Crippen LogP contribution in [-0.2, 0) is 6.42 Å². The van der Waals surface area contributed by atoms with E-state index in [0.717, 1.165) is 18.7 Å². The maximum absolute atomic E-state index is 5.53. The first kappa shape index (κ1) is 14.2.